The van der Waals surface area contributed by atoms with Gasteiger partial charge < -0.3 is 20.2 Å². The van der Waals surface area contributed by atoms with E-state index >= 15 is 0 Å². The highest BCUT2D eigenvalue weighted by atomic mass is 16.3. The lowest BCUT2D eigenvalue weighted by Crippen LogP contribution is -2.56. The molecule has 4 atom stereocenters. The average molecular weight is 473 g/mol. The fourth-order valence-corrected chi connectivity index (χ4v) is 5.43. The van der Waals surface area contributed by atoms with E-state index in [0.29, 0.717) is 30.7 Å². The van der Waals surface area contributed by atoms with Crippen LogP contribution in [0.3, 0.4) is 0 Å². The molecule has 1 aliphatic heterocycles. The van der Waals surface area contributed by atoms with Crippen LogP contribution in [0.4, 0.5) is 0 Å². The molecule has 1 aliphatic carbocycles. The van der Waals surface area contributed by atoms with E-state index in [-0.39, 0.29) is 29.2 Å². The third-order valence-electron chi connectivity index (χ3n) is 7.78. The van der Waals surface area contributed by atoms with Crippen molar-refractivity contribution in [1.29, 1.82) is 0 Å². The van der Waals surface area contributed by atoms with Crippen molar-refractivity contribution in [2.45, 2.75) is 109 Å². The normalized spacial score (nSPS) is 26.4. The SMILES string of the molecule is CC(C)N(C)C1CCC(N2CCC(NC(=O)c3cccc(C(C)(C)C)n3)C2=O)[C@H](C(C)(C)O)C1. The summed E-state index contributed by atoms with van der Waals surface area (Å²) in [6.07, 6.45) is 3.29. The molecule has 2 N–H and O–H groups in total. The Hall–Kier alpha value is -1.99. The first-order valence-corrected chi connectivity index (χ1v) is 12.7. The standard InChI is InChI=1S/C27H44N4O3/c1-17(2)30(8)18-12-13-22(19(16-18)27(6,7)34)31-15-14-21(25(31)33)29-24(32)20-10-9-11-23(28-20)26(3,4)5/h9-11,17-19,21-22,34H,12-16H2,1-8H3,(H,29,32)/t18?,19-,21?,22?/m1/s1. The number of hydrogen-bond donors (Lipinski definition) is 2. The molecule has 7 heteroatoms. The van der Waals surface area contributed by atoms with Crippen molar-refractivity contribution >= 4 is 11.8 Å². The maximum absolute atomic E-state index is 13.4. The van der Waals surface area contributed by atoms with Gasteiger partial charge in [-0.3, -0.25) is 9.59 Å². The van der Waals surface area contributed by atoms with Crippen LogP contribution in [0.15, 0.2) is 18.2 Å². The Morgan fingerprint density at radius 1 is 1.18 bits per heavy atom. The summed E-state index contributed by atoms with van der Waals surface area (Å²) in [6.45, 7) is 14.9. The van der Waals surface area contributed by atoms with Crippen molar-refractivity contribution in [1.82, 2.24) is 20.1 Å². The molecule has 1 aromatic rings. The van der Waals surface area contributed by atoms with Crippen LogP contribution in [0, 0.1) is 5.92 Å². The second-order valence-corrected chi connectivity index (χ2v) is 12.1. The summed E-state index contributed by atoms with van der Waals surface area (Å²) < 4.78 is 0. The van der Waals surface area contributed by atoms with Gasteiger partial charge in [-0.1, -0.05) is 26.8 Å². The van der Waals surface area contributed by atoms with Gasteiger partial charge >= 0.3 is 0 Å². The zero-order valence-electron chi connectivity index (χ0n) is 22.3. The van der Waals surface area contributed by atoms with Crippen molar-refractivity contribution < 1.29 is 14.7 Å². The lowest BCUT2D eigenvalue weighted by Gasteiger charge is -2.48. The van der Waals surface area contributed by atoms with Gasteiger partial charge in [-0.25, -0.2) is 4.98 Å². The third kappa shape index (κ3) is 5.80. The first-order chi connectivity index (χ1) is 15.7. The molecule has 3 unspecified atom stereocenters. The highest BCUT2D eigenvalue weighted by Crippen LogP contribution is 2.39. The fraction of sp³-hybridized carbons (Fsp3) is 0.741. The van der Waals surface area contributed by atoms with Crippen molar-refractivity contribution in [2.75, 3.05) is 13.6 Å². The molecule has 34 heavy (non-hydrogen) atoms. The topological polar surface area (TPSA) is 85.8 Å². The summed E-state index contributed by atoms with van der Waals surface area (Å²) in [7, 11) is 2.15. The second kappa shape index (κ2) is 9.94. The molecule has 2 fully saturated rings. The second-order valence-electron chi connectivity index (χ2n) is 12.1. The number of hydrogen-bond acceptors (Lipinski definition) is 5. The van der Waals surface area contributed by atoms with E-state index in [2.05, 4.69) is 56.9 Å². The van der Waals surface area contributed by atoms with Gasteiger partial charge in [0.2, 0.25) is 5.91 Å². The van der Waals surface area contributed by atoms with Crippen LogP contribution in [0.1, 0.15) is 90.3 Å². The summed E-state index contributed by atoms with van der Waals surface area (Å²) in [6, 6.07) is 5.71. The molecule has 0 spiro atoms. The number of aromatic nitrogens is 1. The highest BCUT2D eigenvalue weighted by Gasteiger charge is 2.47. The Labute approximate surface area is 205 Å². The van der Waals surface area contributed by atoms with Crippen molar-refractivity contribution in [3.8, 4) is 0 Å². The van der Waals surface area contributed by atoms with Crippen molar-refractivity contribution in [3.63, 3.8) is 0 Å². The van der Waals surface area contributed by atoms with E-state index in [1.807, 2.05) is 30.9 Å². The molecule has 2 amide bonds. The van der Waals surface area contributed by atoms with Crippen LogP contribution in [-0.4, -0.2) is 75.1 Å². The molecule has 2 heterocycles. The maximum Gasteiger partial charge on any atom is 0.270 e. The molecule has 0 bridgehead atoms. The van der Waals surface area contributed by atoms with Gasteiger partial charge in [-0.2, -0.15) is 0 Å². The third-order valence-corrected chi connectivity index (χ3v) is 7.78. The molecular weight excluding hydrogens is 428 g/mol. The minimum Gasteiger partial charge on any atom is -0.390 e. The van der Waals surface area contributed by atoms with Gasteiger partial charge in [0.15, 0.2) is 0 Å². The summed E-state index contributed by atoms with van der Waals surface area (Å²) in [5.74, 6) is -0.376. The lowest BCUT2D eigenvalue weighted by atomic mass is 9.72. The molecular formula is C27H44N4O3. The molecule has 0 aromatic carbocycles. The Kier molecular flexibility index (Phi) is 7.78. The summed E-state index contributed by atoms with van der Waals surface area (Å²) in [5, 5.41) is 13.9. The summed E-state index contributed by atoms with van der Waals surface area (Å²) in [4.78, 5) is 35.1. The number of likely N-dealkylation sites (tertiary alicyclic amines) is 1. The zero-order chi connectivity index (χ0) is 25.4. The quantitative estimate of drug-likeness (QED) is 0.663. The molecule has 190 valence electrons. The minimum absolute atomic E-state index is 0.0176. The van der Waals surface area contributed by atoms with Crippen LogP contribution in [0.25, 0.3) is 0 Å². The van der Waals surface area contributed by atoms with E-state index < -0.39 is 11.6 Å². The van der Waals surface area contributed by atoms with Crippen LogP contribution >= 0.6 is 0 Å². The van der Waals surface area contributed by atoms with Crippen molar-refractivity contribution in [3.05, 3.63) is 29.6 Å². The van der Waals surface area contributed by atoms with E-state index in [1.165, 1.54) is 0 Å². The summed E-state index contributed by atoms with van der Waals surface area (Å²) in [5.41, 5.74) is 0.131. The molecule has 7 nitrogen and oxygen atoms in total. The predicted molar refractivity (Wildman–Crippen MR) is 135 cm³/mol. The van der Waals surface area contributed by atoms with E-state index in [1.54, 1.807) is 6.07 Å². The molecule has 1 saturated heterocycles. The Morgan fingerprint density at radius 3 is 2.44 bits per heavy atom. The zero-order valence-corrected chi connectivity index (χ0v) is 22.3. The molecule has 1 saturated carbocycles. The largest absolute Gasteiger partial charge is 0.390 e. The number of rotatable bonds is 6. The van der Waals surface area contributed by atoms with Crippen LogP contribution in [0.5, 0.6) is 0 Å². The number of nitrogens with zero attached hydrogens (tertiary/aromatic N) is 3. The highest BCUT2D eigenvalue weighted by molar-refractivity contribution is 5.96. The van der Waals surface area contributed by atoms with Gasteiger partial charge in [0.25, 0.3) is 5.91 Å². The number of nitrogens with one attached hydrogen (secondary N) is 1. The van der Waals surface area contributed by atoms with Gasteiger partial charge in [0, 0.05) is 41.7 Å². The van der Waals surface area contributed by atoms with Gasteiger partial charge in [-0.15, -0.1) is 0 Å². The van der Waals surface area contributed by atoms with Gasteiger partial charge in [0.05, 0.1) is 5.60 Å². The van der Waals surface area contributed by atoms with E-state index in [9.17, 15) is 14.7 Å². The molecule has 3 rings (SSSR count). The van der Waals surface area contributed by atoms with Crippen LogP contribution in [-0.2, 0) is 10.2 Å². The maximum atomic E-state index is 13.4. The van der Waals surface area contributed by atoms with Crippen LogP contribution in [0.2, 0.25) is 0 Å². The minimum atomic E-state index is -0.889. The Morgan fingerprint density at radius 2 is 1.85 bits per heavy atom. The predicted octanol–water partition coefficient (Wildman–Crippen LogP) is 3.36. The number of pyridine rings is 1. The monoisotopic (exact) mass is 472 g/mol. The number of amides is 2. The van der Waals surface area contributed by atoms with Crippen LogP contribution < -0.4 is 5.32 Å². The fourth-order valence-electron chi connectivity index (χ4n) is 5.43. The Bertz CT molecular complexity index is 887. The number of carbonyl (C=O) groups is 2. The number of aliphatic hydroxyl groups is 1. The van der Waals surface area contributed by atoms with Gasteiger partial charge in [0.1, 0.15) is 11.7 Å². The molecule has 2 aliphatic rings. The lowest BCUT2D eigenvalue weighted by molar-refractivity contribution is -0.137. The smallest absolute Gasteiger partial charge is 0.270 e. The van der Waals surface area contributed by atoms with Crippen molar-refractivity contribution in [2.24, 2.45) is 5.92 Å². The average Bonchev–Trinajstić information content (AvgIpc) is 3.11. The Balaban J connectivity index is 1.71. The summed E-state index contributed by atoms with van der Waals surface area (Å²) >= 11 is 0. The molecule has 0 radical (unpaired) electrons. The number of carbonyl (C=O) groups excluding carboxylic acids is 2. The van der Waals surface area contributed by atoms with E-state index in [4.69, 9.17) is 0 Å². The molecule has 1 aromatic heterocycles. The van der Waals surface area contributed by atoms with Gasteiger partial charge in [-0.05, 0) is 72.6 Å². The first kappa shape index (κ1) is 26.6. The van der Waals surface area contributed by atoms with E-state index in [0.717, 1.165) is 25.0 Å². The first-order valence-electron chi connectivity index (χ1n) is 12.7.